The van der Waals surface area contributed by atoms with Crippen molar-refractivity contribution < 1.29 is 22.8 Å². The number of nitrogens with one attached hydrogen (secondary N) is 1. The fraction of sp³-hybridized carbons (Fsp3) is 0.636. The number of allylic oxidation sites excluding steroid dienone is 1. The molecule has 0 aromatic rings. The molecule has 100 valence electrons. The Kier molecular flexibility index (Phi) is 3.70. The van der Waals surface area contributed by atoms with Gasteiger partial charge in [-0.3, -0.25) is 14.9 Å². The van der Waals surface area contributed by atoms with Crippen LogP contribution >= 0.6 is 11.8 Å². The van der Waals surface area contributed by atoms with Crippen molar-refractivity contribution in [3.05, 3.63) is 11.0 Å². The second-order valence-corrected chi connectivity index (χ2v) is 5.55. The zero-order valence-corrected chi connectivity index (χ0v) is 10.2. The van der Waals surface area contributed by atoms with Crippen molar-refractivity contribution in [1.82, 2.24) is 5.32 Å². The molecule has 18 heavy (non-hydrogen) atoms. The van der Waals surface area contributed by atoms with Gasteiger partial charge in [0.2, 0.25) is 0 Å². The summed E-state index contributed by atoms with van der Waals surface area (Å²) < 4.78 is 37.8. The van der Waals surface area contributed by atoms with Crippen LogP contribution in [0.25, 0.3) is 0 Å². The summed E-state index contributed by atoms with van der Waals surface area (Å²) in [6.07, 6.45) is -1.35. The second-order valence-electron chi connectivity index (χ2n) is 4.54. The van der Waals surface area contributed by atoms with E-state index >= 15 is 0 Å². The van der Waals surface area contributed by atoms with Gasteiger partial charge in [0.15, 0.2) is 0 Å². The van der Waals surface area contributed by atoms with Gasteiger partial charge in [-0.2, -0.15) is 13.2 Å². The van der Waals surface area contributed by atoms with Crippen LogP contribution in [0.3, 0.4) is 0 Å². The zero-order valence-electron chi connectivity index (χ0n) is 9.42. The van der Waals surface area contributed by atoms with Gasteiger partial charge < -0.3 is 0 Å². The highest BCUT2D eigenvalue weighted by molar-refractivity contribution is 8.18. The Hall–Kier alpha value is -0.980. The molecule has 2 aliphatic rings. The molecule has 0 radical (unpaired) electrons. The number of rotatable bonds is 1. The summed E-state index contributed by atoms with van der Waals surface area (Å²) in [4.78, 5) is 22.5. The van der Waals surface area contributed by atoms with Crippen LogP contribution in [0.15, 0.2) is 11.0 Å². The maximum atomic E-state index is 12.6. The minimum Gasteiger partial charge on any atom is -0.282 e. The lowest BCUT2D eigenvalue weighted by atomic mass is 9.81. The molecule has 3 nitrogen and oxygen atoms in total. The van der Waals surface area contributed by atoms with Crippen molar-refractivity contribution in [3.63, 3.8) is 0 Å². The molecule has 1 saturated carbocycles. The fourth-order valence-electron chi connectivity index (χ4n) is 2.33. The van der Waals surface area contributed by atoms with Gasteiger partial charge in [0, 0.05) is 0 Å². The first-order valence-corrected chi connectivity index (χ1v) is 6.49. The van der Waals surface area contributed by atoms with E-state index in [1.165, 1.54) is 6.08 Å². The van der Waals surface area contributed by atoms with E-state index in [2.05, 4.69) is 5.32 Å². The molecule has 2 atom stereocenters. The quantitative estimate of drug-likeness (QED) is 0.750. The number of carbonyl (C=O) groups is 2. The number of imide groups is 1. The van der Waals surface area contributed by atoms with Crippen LogP contribution in [0.5, 0.6) is 0 Å². The number of halogens is 3. The van der Waals surface area contributed by atoms with Crippen molar-refractivity contribution >= 4 is 22.9 Å². The fourth-order valence-corrected chi connectivity index (χ4v) is 3.07. The maximum absolute atomic E-state index is 12.6. The highest BCUT2D eigenvalue weighted by atomic mass is 32.2. The van der Waals surface area contributed by atoms with Crippen LogP contribution in [-0.4, -0.2) is 17.3 Å². The highest BCUT2D eigenvalue weighted by Crippen LogP contribution is 2.41. The summed E-state index contributed by atoms with van der Waals surface area (Å²) in [5.74, 6) is -2.07. The monoisotopic (exact) mass is 279 g/mol. The molecule has 0 spiro atoms. The van der Waals surface area contributed by atoms with Crippen molar-refractivity contribution in [2.75, 3.05) is 0 Å². The summed E-state index contributed by atoms with van der Waals surface area (Å²) >= 11 is 0.756. The SMILES string of the molecule is O=C1NC(=O)/C(=C\C2CCCC(C(F)(F)F)C2)S1. The van der Waals surface area contributed by atoms with Gasteiger partial charge in [-0.1, -0.05) is 12.5 Å². The summed E-state index contributed by atoms with van der Waals surface area (Å²) in [7, 11) is 0. The van der Waals surface area contributed by atoms with Crippen molar-refractivity contribution in [2.45, 2.75) is 31.9 Å². The molecule has 0 aromatic carbocycles. The molecule has 0 aromatic heterocycles. The Bertz CT molecular complexity index is 406. The third-order valence-corrected chi connectivity index (χ3v) is 4.04. The van der Waals surface area contributed by atoms with Gasteiger partial charge in [0.1, 0.15) is 0 Å². The predicted molar refractivity (Wildman–Crippen MR) is 60.7 cm³/mol. The Labute approximate surface area is 106 Å². The molecule has 0 bridgehead atoms. The average molecular weight is 279 g/mol. The molecule has 1 N–H and O–H groups in total. The van der Waals surface area contributed by atoms with Crippen molar-refractivity contribution in [3.8, 4) is 0 Å². The van der Waals surface area contributed by atoms with E-state index in [1.807, 2.05) is 0 Å². The zero-order chi connectivity index (χ0) is 13.3. The topological polar surface area (TPSA) is 46.2 Å². The first-order chi connectivity index (χ1) is 8.36. The minimum atomic E-state index is -4.17. The molecule has 2 rings (SSSR count). The lowest BCUT2D eigenvalue weighted by molar-refractivity contribution is -0.184. The predicted octanol–water partition coefficient (Wildman–Crippen LogP) is 3.22. The average Bonchev–Trinajstić information content (AvgIpc) is 2.56. The summed E-state index contributed by atoms with van der Waals surface area (Å²) in [5, 5.41) is 1.63. The van der Waals surface area contributed by atoms with E-state index in [4.69, 9.17) is 0 Å². The van der Waals surface area contributed by atoms with Crippen molar-refractivity contribution in [1.29, 1.82) is 0 Å². The van der Waals surface area contributed by atoms with Crippen molar-refractivity contribution in [2.24, 2.45) is 11.8 Å². The number of thioether (sulfide) groups is 1. The van der Waals surface area contributed by atoms with Gasteiger partial charge in [-0.15, -0.1) is 0 Å². The van der Waals surface area contributed by atoms with E-state index < -0.39 is 23.2 Å². The molecular weight excluding hydrogens is 267 g/mol. The molecule has 1 saturated heterocycles. The molecule has 2 fully saturated rings. The van der Waals surface area contributed by atoms with Gasteiger partial charge in [-0.25, -0.2) is 0 Å². The van der Waals surface area contributed by atoms with E-state index in [9.17, 15) is 22.8 Å². The third-order valence-electron chi connectivity index (χ3n) is 3.21. The molecule has 2 unspecified atom stereocenters. The molecular formula is C11H12F3NO2S. The van der Waals surface area contributed by atoms with Gasteiger partial charge in [0.25, 0.3) is 11.1 Å². The third kappa shape index (κ3) is 3.07. The summed E-state index contributed by atoms with van der Waals surface area (Å²) in [6.45, 7) is 0. The van der Waals surface area contributed by atoms with Gasteiger partial charge in [-0.05, 0) is 36.9 Å². The molecule has 7 heteroatoms. The number of hydrogen-bond donors (Lipinski definition) is 1. The maximum Gasteiger partial charge on any atom is 0.391 e. The lowest BCUT2D eigenvalue weighted by Gasteiger charge is -2.29. The van der Waals surface area contributed by atoms with Crippen LogP contribution in [0, 0.1) is 11.8 Å². The van der Waals surface area contributed by atoms with Crippen LogP contribution in [0.4, 0.5) is 18.0 Å². The molecule has 2 amide bonds. The molecule has 1 aliphatic heterocycles. The van der Waals surface area contributed by atoms with Crippen LogP contribution in [0.2, 0.25) is 0 Å². The Morgan fingerprint density at radius 3 is 2.56 bits per heavy atom. The Balaban J connectivity index is 2.04. The van der Waals surface area contributed by atoms with Gasteiger partial charge in [0.05, 0.1) is 10.8 Å². The standard InChI is InChI=1S/C11H12F3NO2S/c12-11(13,14)7-3-1-2-6(4-7)5-8-9(16)15-10(17)18-8/h5-7H,1-4H2,(H,15,16,17)/b8-5+. The number of alkyl halides is 3. The van der Waals surface area contributed by atoms with E-state index in [-0.39, 0.29) is 23.7 Å². The molecule has 1 aliphatic carbocycles. The first kappa shape index (κ1) is 13.5. The highest BCUT2D eigenvalue weighted by Gasteiger charge is 2.42. The Morgan fingerprint density at radius 2 is 2.00 bits per heavy atom. The smallest absolute Gasteiger partial charge is 0.282 e. The van der Waals surface area contributed by atoms with E-state index in [0.717, 1.165) is 11.8 Å². The number of carbonyl (C=O) groups excluding carboxylic acids is 2. The summed E-state index contributed by atoms with van der Waals surface area (Å²) in [5.41, 5.74) is 0. The Morgan fingerprint density at radius 1 is 1.28 bits per heavy atom. The van der Waals surface area contributed by atoms with E-state index in [1.54, 1.807) is 0 Å². The molecule has 1 heterocycles. The van der Waals surface area contributed by atoms with Crippen LogP contribution in [0.1, 0.15) is 25.7 Å². The first-order valence-electron chi connectivity index (χ1n) is 5.68. The van der Waals surface area contributed by atoms with E-state index in [0.29, 0.717) is 12.8 Å². The van der Waals surface area contributed by atoms with Gasteiger partial charge >= 0.3 is 6.18 Å². The van der Waals surface area contributed by atoms with Crippen LogP contribution < -0.4 is 5.32 Å². The minimum absolute atomic E-state index is 0.00896. The largest absolute Gasteiger partial charge is 0.391 e. The number of hydrogen-bond acceptors (Lipinski definition) is 3. The lowest BCUT2D eigenvalue weighted by Crippen LogP contribution is -2.28. The normalized spacial score (nSPS) is 31.8. The van der Waals surface area contributed by atoms with Crippen LogP contribution in [-0.2, 0) is 4.79 Å². The number of amides is 2. The second kappa shape index (κ2) is 4.95. The summed E-state index contributed by atoms with van der Waals surface area (Å²) in [6, 6.07) is 0.